The fraction of sp³-hybridized carbons (Fsp3) is 0.632. The fourth-order valence-corrected chi connectivity index (χ4v) is 3.55. The molecule has 128 valence electrons. The molecule has 0 bridgehead atoms. The Labute approximate surface area is 140 Å². The highest BCUT2D eigenvalue weighted by atomic mass is 16.2. The SMILES string of the molecule is CCN(CC)C(C(=O)N1CCC(C(C)N)CC1)c1ccccc1. The smallest absolute Gasteiger partial charge is 0.244 e. The fourth-order valence-electron chi connectivity index (χ4n) is 3.55. The zero-order valence-electron chi connectivity index (χ0n) is 14.7. The molecule has 1 aromatic carbocycles. The second-order valence-corrected chi connectivity index (χ2v) is 6.56. The average Bonchev–Trinajstić information content (AvgIpc) is 2.59. The van der Waals surface area contributed by atoms with Crippen LogP contribution >= 0.6 is 0 Å². The normalized spacial score (nSPS) is 18.9. The van der Waals surface area contributed by atoms with E-state index >= 15 is 0 Å². The third kappa shape index (κ3) is 4.33. The van der Waals surface area contributed by atoms with Crippen LogP contribution in [0.15, 0.2) is 30.3 Å². The molecule has 0 radical (unpaired) electrons. The zero-order valence-corrected chi connectivity index (χ0v) is 14.7. The van der Waals surface area contributed by atoms with Crippen molar-refractivity contribution in [2.45, 2.75) is 45.7 Å². The van der Waals surface area contributed by atoms with Gasteiger partial charge in [0.25, 0.3) is 0 Å². The molecule has 1 aliphatic rings. The summed E-state index contributed by atoms with van der Waals surface area (Å²) in [5.74, 6) is 0.783. The third-order valence-corrected chi connectivity index (χ3v) is 5.12. The van der Waals surface area contributed by atoms with Gasteiger partial charge in [0.2, 0.25) is 5.91 Å². The van der Waals surface area contributed by atoms with Gasteiger partial charge in [-0.1, -0.05) is 44.2 Å². The molecule has 1 amide bonds. The summed E-state index contributed by atoms with van der Waals surface area (Å²) in [6.45, 7) is 9.72. The molecule has 2 atom stereocenters. The molecule has 0 saturated carbocycles. The monoisotopic (exact) mass is 317 g/mol. The van der Waals surface area contributed by atoms with E-state index in [1.165, 1.54) is 0 Å². The molecular formula is C19H31N3O. The molecule has 4 heteroatoms. The van der Waals surface area contributed by atoms with Crippen molar-refractivity contribution >= 4 is 5.91 Å². The Kier molecular flexibility index (Phi) is 6.60. The van der Waals surface area contributed by atoms with Crippen molar-refractivity contribution in [3.63, 3.8) is 0 Å². The van der Waals surface area contributed by atoms with E-state index in [0.29, 0.717) is 5.92 Å². The van der Waals surface area contributed by atoms with Crippen molar-refractivity contribution in [2.24, 2.45) is 11.7 Å². The van der Waals surface area contributed by atoms with Crippen molar-refractivity contribution < 1.29 is 4.79 Å². The summed E-state index contributed by atoms with van der Waals surface area (Å²) in [5.41, 5.74) is 7.11. The van der Waals surface area contributed by atoms with Gasteiger partial charge in [0.05, 0.1) is 0 Å². The lowest BCUT2D eigenvalue weighted by atomic mass is 9.90. The molecule has 1 aromatic rings. The number of amides is 1. The number of benzene rings is 1. The molecule has 0 spiro atoms. The number of rotatable bonds is 6. The molecule has 23 heavy (non-hydrogen) atoms. The Morgan fingerprint density at radius 3 is 2.26 bits per heavy atom. The highest BCUT2D eigenvalue weighted by molar-refractivity contribution is 5.83. The van der Waals surface area contributed by atoms with Crippen LogP contribution in [-0.4, -0.2) is 47.9 Å². The van der Waals surface area contributed by atoms with Crippen molar-refractivity contribution in [3.8, 4) is 0 Å². The van der Waals surface area contributed by atoms with Gasteiger partial charge in [-0.2, -0.15) is 0 Å². The molecule has 1 heterocycles. The van der Waals surface area contributed by atoms with Crippen molar-refractivity contribution in [2.75, 3.05) is 26.2 Å². The number of likely N-dealkylation sites (N-methyl/N-ethyl adjacent to an activating group) is 1. The first kappa shape index (κ1) is 18.0. The van der Waals surface area contributed by atoms with Crippen LogP contribution in [0.5, 0.6) is 0 Å². The van der Waals surface area contributed by atoms with E-state index in [1.807, 2.05) is 23.1 Å². The third-order valence-electron chi connectivity index (χ3n) is 5.12. The van der Waals surface area contributed by atoms with Crippen LogP contribution in [0.1, 0.15) is 45.2 Å². The minimum Gasteiger partial charge on any atom is -0.341 e. The largest absolute Gasteiger partial charge is 0.341 e. The molecule has 2 rings (SSSR count). The van der Waals surface area contributed by atoms with Crippen LogP contribution in [0.4, 0.5) is 0 Å². The molecule has 2 N–H and O–H groups in total. The van der Waals surface area contributed by atoms with Crippen LogP contribution in [0.3, 0.4) is 0 Å². The number of carbonyl (C=O) groups excluding carboxylic acids is 1. The van der Waals surface area contributed by atoms with Crippen LogP contribution in [0, 0.1) is 5.92 Å². The lowest BCUT2D eigenvalue weighted by Crippen LogP contribution is -2.47. The summed E-state index contributed by atoms with van der Waals surface area (Å²) >= 11 is 0. The van der Waals surface area contributed by atoms with Crippen molar-refractivity contribution in [1.82, 2.24) is 9.80 Å². The number of piperidine rings is 1. The maximum absolute atomic E-state index is 13.2. The van der Waals surface area contributed by atoms with Crippen LogP contribution in [-0.2, 0) is 4.79 Å². The van der Waals surface area contributed by atoms with Crippen molar-refractivity contribution in [3.05, 3.63) is 35.9 Å². The number of likely N-dealkylation sites (tertiary alicyclic amines) is 1. The first-order valence-corrected chi connectivity index (χ1v) is 8.91. The van der Waals surface area contributed by atoms with E-state index in [4.69, 9.17) is 5.73 Å². The molecule has 1 fully saturated rings. The van der Waals surface area contributed by atoms with Gasteiger partial charge in [-0.25, -0.2) is 0 Å². The van der Waals surface area contributed by atoms with Gasteiger partial charge in [0, 0.05) is 19.1 Å². The van der Waals surface area contributed by atoms with Gasteiger partial charge < -0.3 is 10.6 Å². The summed E-state index contributed by atoms with van der Waals surface area (Å²) in [4.78, 5) is 17.5. The zero-order chi connectivity index (χ0) is 16.8. The Morgan fingerprint density at radius 1 is 1.22 bits per heavy atom. The predicted molar refractivity (Wildman–Crippen MR) is 95.1 cm³/mol. The van der Waals surface area contributed by atoms with Crippen LogP contribution in [0.2, 0.25) is 0 Å². The van der Waals surface area contributed by atoms with Gasteiger partial charge >= 0.3 is 0 Å². The second-order valence-electron chi connectivity index (χ2n) is 6.56. The van der Waals surface area contributed by atoms with Crippen LogP contribution in [0.25, 0.3) is 0 Å². The standard InChI is InChI=1S/C19H31N3O/c1-4-21(5-2)18(17-9-7-6-8-10-17)19(23)22-13-11-16(12-14-22)15(3)20/h6-10,15-16,18H,4-5,11-14,20H2,1-3H3. The lowest BCUT2D eigenvalue weighted by Gasteiger charge is -2.38. The van der Waals surface area contributed by atoms with E-state index in [2.05, 4.69) is 37.8 Å². The summed E-state index contributed by atoms with van der Waals surface area (Å²) in [5, 5.41) is 0. The van der Waals surface area contributed by atoms with Gasteiger partial charge in [0.1, 0.15) is 6.04 Å². The topological polar surface area (TPSA) is 49.6 Å². The molecule has 2 unspecified atom stereocenters. The average molecular weight is 317 g/mol. The summed E-state index contributed by atoms with van der Waals surface area (Å²) in [6.07, 6.45) is 2.03. The Balaban J connectivity index is 2.14. The molecule has 1 saturated heterocycles. The molecule has 0 aromatic heterocycles. The molecular weight excluding hydrogens is 286 g/mol. The minimum atomic E-state index is -0.168. The number of hydrogen-bond acceptors (Lipinski definition) is 3. The maximum atomic E-state index is 13.2. The van der Waals surface area contributed by atoms with Crippen LogP contribution < -0.4 is 5.73 Å². The Morgan fingerprint density at radius 2 is 1.78 bits per heavy atom. The number of nitrogens with two attached hydrogens (primary N) is 1. The van der Waals surface area contributed by atoms with E-state index in [0.717, 1.165) is 44.6 Å². The van der Waals surface area contributed by atoms with E-state index in [9.17, 15) is 4.79 Å². The second kappa shape index (κ2) is 8.46. The van der Waals surface area contributed by atoms with Gasteiger partial charge in [-0.15, -0.1) is 0 Å². The van der Waals surface area contributed by atoms with Crippen molar-refractivity contribution in [1.29, 1.82) is 0 Å². The molecule has 0 aliphatic carbocycles. The first-order valence-electron chi connectivity index (χ1n) is 8.91. The number of nitrogens with zero attached hydrogens (tertiary/aromatic N) is 2. The summed E-state index contributed by atoms with van der Waals surface area (Å²) in [7, 11) is 0. The highest BCUT2D eigenvalue weighted by Crippen LogP contribution is 2.26. The van der Waals surface area contributed by atoms with Gasteiger partial charge in [0.15, 0.2) is 0 Å². The highest BCUT2D eigenvalue weighted by Gasteiger charge is 2.32. The minimum absolute atomic E-state index is 0.168. The van der Waals surface area contributed by atoms with E-state index in [1.54, 1.807) is 0 Å². The maximum Gasteiger partial charge on any atom is 0.244 e. The lowest BCUT2D eigenvalue weighted by molar-refractivity contribution is -0.138. The molecule has 1 aliphatic heterocycles. The summed E-state index contributed by atoms with van der Waals surface area (Å²) < 4.78 is 0. The Bertz CT molecular complexity index is 477. The molecule has 4 nitrogen and oxygen atoms in total. The van der Waals surface area contributed by atoms with E-state index < -0.39 is 0 Å². The Hall–Kier alpha value is -1.39. The summed E-state index contributed by atoms with van der Waals surface area (Å²) in [6, 6.07) is 10.2. The number of carbonyl (C=O) groups is 1. The first-order chi connectivity index (χ1) is 11.1. The van der Waals surface area contributed by atoms with E-state index in [-0.39, 0.29) is 18.0 Å². The van der Waals surface area contributed by atoms with Gasteiger partial charge in [-0.3, -0.25) is 9.69 Å². The quantitative estimate of drug-likeness (QED) is 0.877. The van der Waals surface area contributed by atoms with Gasteiger partial charge in [-0.05, 0) is 44.3 Å². The predicted octanol–water partition coefficient (Wildman–Crippen LogP) is 2.66. The number of hydrogen-bond donors (Lipinski definition) is 1.